The van der Waals surface area contributed by atoms with Crippen molar-refractivity contribution in [2.24, 2.45) is 5.84 Å². The van der Waals surface area contributed by atoms with E-state index in [1.807, 2.05) is 25.1 Å². The van der Waals surface area contributed by atoms with Crippen LogP contribution in [0.25, 0.3) is 0 Å². The van der Waals surface area contributed by atoms with Crippen LogP contribution in [0.15, 0.2) is 42.5 Å². The van der Waals surface area contributed by atoms with Gasteiger partial charge in [0.25, 0.3) is 5.91 Å². The smallest absolute Gasteiger partial charge is 0.257 e. The molecule has 0 aromatic heterocycles. The molecule has 20 heavy (non-hydrogen) atoms. The van der Waals surface area contributed by atoms with Crippen LogP contribution in [-0.2, 0) is 6.42 Å². The van der Waals surface area contributed by atoms with Gasteiger partial charge in [-0.05, 0) is 36.2 Å². The van der Waals surface area contributed by atoms with Gasteiger partial charge in [0.05, 0.1) is 11.3 Å². The lowest BCUT2D eigenvalue weighted by Crippen LogP contribution is -2.18. The number of anilines is 2. The first-order valence-electron chi connectivity index (χ1n) is 6.31. The average molecular weight is 273 g/mol. The molecule has 104 valence electrons. The molecule has 0 heterocycles. The maximum Gasteiger partial charge on any atom is 0.257 e. The zero-order valence-electron chi connectivity index (χ0n) is 11.1. The van der Waals surface area contributed by atoms with E-state index < -0.39 is 11.7 Å². The number of nitrogen functional groups attached to an aromatic ring is 1. The molecule has 0 unspecified atom stereocenters. The summed E-state index contributed by atoms with van der Waals surface area (Å²) in [5.74, 6) is 4.28. The fourth-order valence-electron chi connectivity index (χ4n) is 1.93. The summed E-state index contributed by atoms with van der Waals surface area (Å²) in [7, 11) is 0. The van der Waals surface area contributed by atoms with Gasteiger partial charge in [-0.15, -0.1) is 0 Å². The number of nitrogens with two attached hydrogens (primary N) is 1. The Kier molecular flexibility index (Phi) is 4.32. The van der Waals surface area contributed by atoms with Crippen molar-refractivity contribution >= 4 is 17.3 Å². The summed E-state index contributed by atoms with van der Waals surface area (Å²) >= 11 is 0. The van der Waals surface area contributed by atoms with Crippen molar-refractivity contribution in [3.8, 4) is 0 Å². The number of hydrazine groups is 1. The molecule has 1 amide bonds. The minimum atomic E-state index is -0.567. The lowest BCUT2D eigenvalue weighted by atomic mass is 10.1. The van der Waals surface area contributed by atoms with Crippen LogP contribution in [0.1, 0.15) is 22.8 Å². The van der Waals surface area contributed by atoms with Crippen LogP contribution >= 0.6 is 0 Å². The Balaban J connectivity index is 2.26. The molecule has 0 saturated carbocycles. The Hall–Kier alpha value is -2.40. The number of rotatable bonds is 4. The molecule has 0 bridgehead atoms. The normalized spacial score (nSPS) is 10.2. The molecule has 5 heteroatoms. The van der Waals surface area contributed by atoms with E-state index in [1.165, 1.54) is 18.2 Å². The Bertz CT molecular complexity index is 628. The van der Waals surface area contributed by atoms with Gasteiger partial charge in [0, 0.05) is 5.69 Å². The lowest BCUT2D eigenvalue weighted by Gasteiger charge is -2.11. The molecule has 0 aliphatic heterocycles. The molecule has 4 N–H and O–H groups in total. The van der Waals surface area contributed by atoms with Crippen LogP contribution in [0, 0.1) is 5.82 Å². The fourth-order valence-corrected chi connectivity index (χ4v) is 1.93. The van der Waals surface area contributed by atoms with Crippen molar-refractivity contribution in [3.63, 3.8) is 0 Å². The highest BCUT2D eigenvalue weighted by atomic mass is 19.1. The molecule has 0 aliphatic rings. The Labute approximate surface area is 116 Å². The second-order valence-electron chi connectivity index (χ2n) is 4.31. The molecule has 0 fully saturated rings. The van der Waals surface area contributed by atoms with Crippen LogP contribution in [-0.4, -0.2) is 5.91 Å². The summed E-state index contributed by atoms with van der Waals surface area (Å²) in [6.07, 6.45) is 0.874. The molecule has 2 rings (SSSR count). The van der Waals surface area contributed by atoms with Crippen LogP contribution in [0.2, 0.25) is 0 Å². The third-order valence-corrected chi connectivity index (χ3v) is 3.00. The zero-order chi connectivity index (χ0) is 14.5. The largest absolute Gasteiger partial charge is 0.322 e. The summed E-state index contributed by atoms with van der Waals surface area (Å²) in [6.45, 7) is 2.03. The highest BCUT2D eigenvalue weighted by Crippen LogP contribution is 2.20. The summed E-state index contributed by atoms with van der Waals surface area (Å²) in [6, 6.07) is 11.7. The van der Waals surface area contributed by atoms with Gasteiger partial charge in [-0.3, -0.25) is 10.6 Å². The number of nitrogens with one attached hydrogen (secondary N) is 2. The number of hydrogen-bond acceptors (Lipinski definition) is 3. The molecule has 4 nitrogen and oxygen atoms in total. The molecule has 2 aromatic carbocycles. The van der Waals surface area contributed by atoms with E-state index in [0.29, 0.717) is 5.69 Å². The lowest BCUT2D eigenvalue weighted by molar-refractivity contribution is 0.102. The number of hydrogen-bond donors (Lipinski definition) is 3. The Morgan fingerprint density at radius 2 is 2.00 bits per heavy atom. The third kappa shape index (κ3) is 2.95. The van der Waals surface area contributed by atoms with Gasteiger partial charge in [0.15, 0.2) is 0 Å². The molecular formula is C15H16FN3O. The molecule has 0 atom stereocenters. The maximum atomic E-state index is 13.5. The van der Waals surface area contributed by atoms with Crippen LogP contribution < -0.4 is 16.6 Å². The predicted octanol–water partition coefficient (Wildman–Crippen LogP) is 2.93. The Morgan fingerprint density at radius 3 is 2.70 bits per heavy atom. The number of halogens is 1. The van der Waals surface area contributed by atoms with Gasteiger partial charge in [0.2, 0.25) is 0 Å². The van der Waals surface area contributed by atoms with Crippen molar-refractivity contribution in [2.45, 2.75) is 13.3 Å². The van der Waals surface area contributed by atoms with E-state index in [2.05, 4.69) is 10.7 Å². The number of carbonyl (C=O) groups excluding carboxylic acids is 1. The highest BCUT2D eigenvalue weighted by molar-refractivity contribution is 6.08. The van der Waals surface area contributed by atoms with E-state index in [-0.39, 0.29) is 11.3 Å². The summed E-state index contributed by atoms with van der Waals surface area (Å²) in [4.78, 5) is 12.2. The van der Waals surface area contributed by atoms with Crippen LogP contribution in [0.3, 0.4) is 0 Å². The molecule has 2 aromatic rings. The third-order valence-electron chi connectivity index (χ3n) is 3.00. The monoisotopic (exact) mass is 273 g/mol. The maximum absolute atomic E-state index is 13.5. The first-order chi connectivity index (χ1) is 9.65. The molecule has 0 aliphatic carbocycles. The minimum Gasteiger partial charge on any atom is -0.322 e. The van der Waals surface area contributed by atoms with Crippen LogP contribution in [0.5, 0.6) is 0 Å². The second kappa shape index (κ2) is 6.16. The molecular weight excluding hydrogens is 257 g/mol. The molecule has 0 spiro atoms. The molecule has 0 radical (unpaired) electrons. The van der Waals surface area contributed by atoms with Crippen molar-refractivity contribution in [2.75, 3.05) is 10.7 Å². The van der Waals surface area contributed by atoms with Gasteiger partial charge in [0.1, 0.15) is 5.82 Å². The number of carbonyl (C=O) groups is 1. The van der Waals surface area contributed by atoms with Crippen molar-refractivity contribution in [1.29, 1.82) is 0 Å². The van der Waals surface area contributed by atoms with Crippen LogP contribution in [0.4, 0.5) is 15.8 Å². The predicted molar refractivity (Wildman–Crippen MR) is 78.0 cm³/mol. The van der Waals surface area contributed by atoms with Crippen molar-refractivity contribution in [1.82, 2.24) is 0 Å². The van der Waals surface area contributed by atoms with E-state index in [1.54, 1.807) is 6.07 Å². The average Bonchev–Trinajstić information content (AvgIpc) is 2.47. The summed E-state index contributed by atoms with van der Waals surface area (Å²) in [5, 5.41) is 2.73. The quantitative estimate of drug-likeness (QED) is 0.592. The standard InChI is InChI=1S/C15H16FN3O/c1-2-10-5-3-6-11(9-10)18-15(20)12-7-4-8-13(16)14(12)19-17/h3-9,19H,2,17H2,1H3,(H,18,20). The van der Waals surface area contributed by atoms with E-state index in [0.717, 1.165) is 12.0 Å². The number of aryl methyl sites for hydroxylation is 1. The van der Waals surface area contributed by atoms with Crippen molar-refractivity contribution < 1.29 is 9.18 Å². The van der Waals surface area contributed by atoms with E-state index >= 15 is 0 Å². The number of amides is 1. The fraction of sp³-hybridized carbons (Fsp3) is 0.133. The Morgan fingerprint density at radius 1 is 1.25 bits per heavy atom. The summed E-state index contributed by atoms with van der Waals surface area (Å²) < 4.78 is 13.5. The highest BCUT2D eigenvalue weighted by Gasteiger charge is 2.14. The number of benzene rings is 2. The van der Waals surface area contributed by atoms with Gasteiger partial charge in [-0.25, -0.2) is 4.39 Å². The number of para-hydroxylation sites is 1. The van der Waals surface area contributed by atoms with Gasteiger partial charge in [-0.2, -0.15) is 0 Å². The van der Waals surface area contributed by atoms with E-state index in [9.17, 15) is 9.18 Å². The van der Waals surface area contributed by atoms with Crippen molar-refractivity contribution in [3.05, 3.63) is 59.4 Å². The second-order valence-corrected chi connectivity index (χ2v) is 4.31. The first-order valence-corrected chi connectivity index (χ1v) is 6.31. The zero-order valence-corrected chi connectivity index (χ0v) is 11.1. The first kappa shape index (κ1) is 14.0. The topological polar surface area (TPSA) is 67.2 Å². The minimum absolute atomic E-state index is 0.0170. The van der Waals surface area contributed by atoms with E-state index in [4.69, 9.17) is 5.84 Å². The van der Waals surface area contributed by atoms with Gasteiger partial charge >= 0.3 is 0 Å². The van der Waals surface area contributed by atoms with Gasteiger partial charge < -0.3 is 10.7 Å². The van der Waals surface area contributed by atoms with Gasteiger partial charge in [-0.1, -0.05) is 25.1 Å². The SMILES string of the molecule is CCc1cccc(NC(=O)c2cccc(F)c2NN)c1. The molecule has 0 saturated heterocycles. The summed E-state index contributed by atoms with van der Waals surface area (Å²) in [5.41, 5.74) is 4.14.